The molecule has 0 radical (unpaired) electrons. The maximum absolute atomic E-state index is 10.1. The molecule has 0 bridgehead atoms. The quantitative estimate of drug-likeness (QED) is 0.849. The van der Waals surface area contributed by atoms with E-state index in [0.717, 1.165) is 23.7 Å². The Labute approximate surface area is 106 Å². The van der Waals surface area contributed by atoms with Crippen molar-refractivity contribution in [3.05, 3.63) is 29.3 Å². The summed E-state index contributed by atoms with van der Waals surface area (Å²) in [4.78, 5) is 0. The molecule has 1 atom stereocenters. The Morgan fingerprint density at radius 2 is 2.18 bits per heavy atom. The molecule has 2 aliphatic rings. The van der Waals surface area contributed by atoms with Crippen molar-refractivity contribution in [1.29, 1.82) is 0 Å². The zero-order valence-electron chi connectivity index (χ0n) is 9.69. The topological polar surface area (TPSA) is 35.5 Å². The lowest BCUT2D eigenvalue weighted by Gasteiger charge is -2.36. The third kappa shape index (κ3) is 2.28. The molecule has 92 valence electrons. The number of rotatable bonds is 2. The molecule has 4 heteroatoms. The lowest BCUT2D eigenvalue weighted by molar-refractivity contribution is 0.0182. The monoisotopic (exact) mass is 252 g/mol. The van der Waals surface area contributed by atoms with Gasteiger partial charge in [-0.25, -0.2) is 5.01 Å². The Morgan fingerprint density at radius 1 is 1.35 bits per heavy atom. The molecule has 17 heavy (non-hydrogen) atoms. The molecular formula is C13H17ClN2O. The summed E-state index contributed by atoms with van der Waals surface area (Å²) in [7, 11) is 0. The Kier molecular flexibility index (Phi) is 2.77. The molecule has 0 unspecified atom stereocenters. The van der Waals surface area contributed by atoms with E-state index in [1.165, 1.54) is 12.8 Å². The van der Waals surface area contributed by atoms with Crippen LogP contribution in [0.15, 0.2) is 24.3 Å². The van der Waals surface area contributed by atoms with E-state index >= 15 is 0 Å². The molecule has 1 aromatic rings. The Bertz CT molecular complexity index is 420. The SMILES string of the molecule is O[C@@H]1CN(Nc2cccc(Cl)c2)CCC12CC2. The van der Waals surface area contributed by atoms with Crippen molar-refractivity contribution in [1.82, 2.24) is 5.01 Å². The zero-order valence-corrected chi connectivity index (χ0v) is 10.5. The lowest BCUT2D eigenvalue weighted by Crippen LogP contribution is -2.47. The predicted molar refractivity (Wildman–Crippen MR) is 68.9 cm³/mol. The van der Waals surface area contributed by atoms with Crippen molar-refractivity contribution in [2.24, 2.45) is 5.41 Å². The van der Waals surface area contributed by atoms with Crippen LogP contribution in [0.2, 0.25) is 5.02 Å². The molecule has 2 fully saturated rings. The predicted octanol–water partition coefficient (Wildman–Crippen LogP) is 2.51. The number of anilines is 1. The van der Waals surface area contributed by atoms with Gasteiger partial charge in [-0.1, -0.05) is 17.7 Å². The van der Waals surface area contributed by atoms with Gasteiger partial charge in [-0.3, -0.25) is 0 Å². The molecule has 1 aliphatic heterocycles. The Balaban J connectivity index is 1.63. The number of β-amino-alcohol motifs (C(OH)–C–C–N with tert-alkyl or cyclic N) is 1. The van der Waals surface area contributed by atoms with E-state index in [9.17, 15) is 5.11 Å². The highest BCUT2D eigenvalue weighted by Gasteiger charge is 2.51. The molecule has 1 saturated heterocycles. The summed E-state index contributed by atoms with van der Waals surface area (Å²) in [6, 6.07) is 7.67. The fourth-order valence-electron chi connectivity index (χ4n) is 2.60. The van der Waals surface area contributed by atoms with Crippen LogP contribution in [-0.4, -0.2) is 29.3 Å². The minimum absolute atomic E-state index is 0.192. The first-order valence-electron chi connectivity index (χ1n) is 6.13. The maximum atomic E-state index is 10.1. The van der Waals surface area contributed by atoms with Crippen molar-refractivity contribution in [2.45, 2.75) is 25.4 Å². The van der Waals surface area contributed by atoms with E-state index in [0.29, 0.717) is 6.54 Å². The number of aliphatic hydroxyl groups is 1. The van der Waals surface area contributed by atoms with Gasteiger partial charge in [-0.2, -0.15) is 0 Å². The van der Waals surface area contributed by atoms with Crippen LogP contribution in [0.3, 0.4) is 0 Å². The van der Waals surface area contributed by atoms with Crippen LogP contribution < -0.4 is 5.43 Å². The van der Waals surface area contributed by atoms with Gasteiger partial charge >= 0.3 is 0 Å². The molecule has 1 spiro atoms. The van der Waals surface area contributed by atoms with E-state index in [1.807, 2.05) is 24.3 Å². The fraction of sp³-hybridized carbons (Fsp3) is 0.538. The first kappa shape index (κ1) is 11.3. The molecule has 1 aliphatic carbocycles. The standard InChI is InChI=1S/C13H17ClN2O/c14-10-2-1-3-11(8-10)15-16-7-6-13(4-5-13)12(17)9-16/h1-3,8,12,15,17H,4-7,9H2/t12-/m1/s1. The average molecular weight is 253 g/mol. The number of benzene rings is 1. The van der Waals surface area contributed by atoms with Crippen LogP contribution in [0.1, 0.15) is 19.3 Å². The number of nitrogens with zero attached hydrogens (tertiary/aromatic N) is 1. The highest BCUT2D eigenvalue weighted by atomic mass is 35.5. The van der Waals surface area contributed by atoms with E-state index in [1.54, 1.807) is 0 Å². The summed E-state index contributed by atoms with van der Waals surface area (Å²) in [5, 5.41) is 12.9. The number of piperidine rings is 1. The van der Waals surface area contributed by atoms with Crippen LogP contribution in [0.25, 0.3) is 0 Å². The van der Waals surface area contributed by atoms with E-state index < -0.39 is 0 Å². The van der Waals surface area contributed by atoms with Gasteiger partial charge in [0.2, 0.25) is 0 Å². The zero-order chi connectivity index (χ0) is 11.9. The van der Waals surface area contributed by atoms with E-state index in [4.69, 9.17) is 11.6 Å². The van der Waals surface area contributed by atoms with Crippen molar-refractivity contribution in [3.63, 3.8) is 0 Å². The molecule has 2 N–H and O–H groups in total. The number of hydrogen-bond acceptors (Lipinski definition) is 3. The smallest absolute Gasteiger partial charge is 0.0742 e. The molecule has 1 heterocycles. The molecule has 1 aromatic carbocycles. The van der Waals surface area contributed by atoms with Crippen LogP contribution in [-0.2, 0) is 0 Å². The van der Waals surface area contributed by atoms with Gasteiger partial charge in [0.1, 0.15) is 0 Å². The number of aliphatic hydroxyl groups excluding tert-OH is 1. The first-order valence-corrected chi connectivity index (χ1v) is 6.51. The van der Waals surface area contributed by atoms with Crippen LogP contribution >= 0.6 is 11.6 Å². The van der Waals surface area contributed by atoms with Crippen molar-refractivity contribution < 1.29 is 5.11 Å². The molecular weight excluding hydrogens is 236 g/mol. The number of nitrogens with one attached hydrogen (secondary N) is 1. The summed E-state index contributed by atoms with van der Waals surface area (Å²) in [5.41, 5.74) is 4.55. The Hall–Kier alpha value is -0.770. The van der Waals surface area contributed by atoms with Crippen LogP contribution in [0.5, 0.6) is 0 Å². The van der Waals surface area contributed by atoms with Crippen molar-refractivity contribution >= 4 is 17.3 Å². The van der Waals surface area contributed by atoms with Gasteiger partial charge in [-0.05, 0) is 42.9 Å². The summed E-state index contributed by atoms with van der Waals surface area (Å²) < 4.78 is 0. The Morgan fingerprint density at radius 3 is 2.82 bits per heavy atom. The minimum Gasteiger partial charge on any atom is -0.391 e. The highest BCUT2D eigenvalue weighted by molar-refractivity contribution is 6.30. The van der Waals surface area contributed by atoms with E-state index in [2.05, 4.69) is 10.4 Å². The van der Waals surface area contributed by atoms with Gasteiger partial charge in [0.05, 0.1) is 11.8 Å². The highest BCUT2D eigenvalue weighted by Crippen LogP contribution is 2.53. The molecule has 0 aromatic heterocycles. The largest absolute Gasteiger partial charge is 0.391 e. The molecule has 3 rings (SSSR count). The van der Waals surface area contributed by atoms with Gasteiger partial charge in [0, 0.05) is 18.1 Å². The first-order chi connectivity index (χ1) is 8.18. The number of hydrogen-bond donors (Lipinski definition) is 2. The minimum atomic E-state index is -0.192. The lowest BCUT2D eigenvalue weighted by atomic mass is 9.91. The second-order valence-corrected chi connectivity index (χ2v) is 5.63. The number of hydrazine groups is 1. The van der Waals surface area contributed by atoms with Gasteiger partial charge in [0.25, 0.3) is 0 Å². The van der Waals surface area contributed by atoms with Crippen LogP contribution in [0.4, 0.5) is 5.69 Å². The summed E-state index contributed by atoms with van der Waals surface area (Å²) in [6.07, 6.45) is 3.28. The maximum Gasteiger partial charge on any atom is 0.0742 e. The molecule has 1 saturated carbocycles. The summed E-state index contributed by atoms with van der Waals surface area (Å²) >= 11 is 5.94. The number of halogens is 1. The van der Waals surface area contributed by atoms with Crippen LogP contribution in [0, 0.1) is 5.41 Å². The molecule has 3 nitrogen and oxygen atoms in total. The fourth-order valence-corrected chi connectivity index (χ4v) is 2.79. The molecule has 0 amide bonds. The van der Waals surface area contributed by atoms with E-state index in [-0.39, 0.29) is 11.5 Å². The third-order valence-corrected chi connectivity index (χ3v) is 4.22. The summed E-state index contributed by atoms with van der Waals surface area (Å²) in [6.45, 7) is 1.69. The van der Waals surface area contributed by atoms with Gasteiger partial charge in [-0.15, -0.1) is 0 Å². The van der Waals surface area contributed by atoms with Gasteiger partial charge < -0.3 is 10.5 Å². The average Bonchev–Trinajstić information content (AvgIpc) is 3.05. The van der Waals surface area contributed by atoms with Crippen molar-refractivity contribution in [3.8, 4) is 0 Å². The normalized spacial score (nSPS) is 27.1. The summed E-state index contributed by atoms with van der Waals surface area (Å²) in [5.74, 6) is 0. The third-order valence-electron chi connectivity index (χ3n) is 3.98. The second kappa shape index (κ2) is 4.16. The van der Waals surface area contributed by atoms with Gasteiger partial charge in [0.15, 0.2) is 0 Å². The second-order valence-electron chi connectivity index (χ2n) is 5.20. The van der Waals surface area contributed by atoms with Crippen molar-refractivity contribution in [2.75, 3.05) is 18.5 Å².